The number of nitrogens with one attached hydrogen (secondary N) is 1. The van der Waals surface area contributed by atoms with E-state index in [2.05, 4.69) is 17.4 Å². The van der Waals surface area contributed by atoms with Gasteiger partial charge in [0.25, 0.3) is 0 Å². The number of carbonyl (C=O) groups is 2. The van der Waals surface area contributed by atoms with E-state index in [1.54, 1.807) is 0 Å². The Morgan fingerprint density at radius 2 is 1.68 bits per heavy atom. The standard InChI is InChI=1S/C23H24N2O5S/c1-12-6-14(3)22-15(7-12)13(2)8-21(25-22)31-11-20(26)24-17-10-19(30-5)18(29-4)9-16(17)23(27)28/h6-10H,11H2,1-5H3,(H,24,26)(H,27,28)/p-1. The maximum atomic E-state index is 12.5. The second kappa shape index (κ2) is 9.26. The number of carbonyl (C=O) groups excluding carboxylic acids is 2. The summed E-state index contributed by atoms with van der Waals surface area (Å²) >= 11 is 1.28. The zero-order valence-corrected chi connectivity index (χ0v) is 18.8. The number of hydrogen-bond donors (Lipinski definition) is 1. The van der Waals surface area contributed by atoms with E-state index in [9.17, 15) is 14.7 Å². The summed E-state index contributed by atoms with van der Waals surface area (Å²) < 4.78 is 10.3. The molecule has 0 bridgehead atoms. The van der Waals surface area contributed by atoms with Gasteiger partial charge in [0.05, 0.1) is 42.2 Å². The van der Waals surface area contributed by atoms with Gasteiger partial charge in [-0.15, -0.1) is 0 Å². The molecule has 31 heavy (non-hydrogen) atoms. The number of thioether (sulfide) groups is 1. The van der Waals surface area contributed by atoms with Gasteiger partial charge in [0.1, 0.15) is 0 Å². The third-order valence-corrected chi connectivity index (χ3v) is 5.71. The molecule has 0 spiro atoms. The SMILES string of the molecule is COc1cc(NC(=O)CSc2cc(C)c3cc(C)cc(C)c3n2)c(C(=O)[O-])cc1OC. The van der Waals surface area contributed by atoms with E-state index in [-0.39, 0.29) is 28.7 Å². The zero-order chi connectivity index (χ0) is 22.7. The highest BCUT2D eigenvalue weighted by Crippen LogP contribution is 2.33. The first-order valence-corrected chi connectivity index (χ1v) is 10.5. The lowest BCUT2D eigenvalue weighted by molar-refractivity contribution is -0.254. The smallest absolute Gasteiger partial charge is 0.234 e. The summed E-state index contributed by atoms with van der Waals surface area (Å²) in [5.74, 6) is -1.21. The van der Waals surface area contributed by atoms with E-state index in [0.29, 0.717) is 5.75 Å². The molecule has 3 aromatic rings. The number of rotatable bonds is 7. The quantitative estimate of drug-likeness (QED) is 0.564. The predicted molar refractivity (Wildman–Crippen MR) is 119 cm³/mol. The van der Waals surface area contributed by atoms with Crippen molar-refractivity contribution < 1.29 is 24.2 Å². The Kier molecular flexibility index (Phi) is 6.70. The maximum Gasteiger partial charge on any atom is 0.234 e. The number of nitrogens with zero attached hydrogens (tertiary/aromatic N) is 1. The molecule has 0 saturated heterocycles. The number of ether oxygens (including phenoxy) is 2. The van der Waals surface area contributed by atoms with Crippen LogP contribution in [0, 0.1) is 20.8 Å². The second-order valence-corrected chi connectivity index (χ2v) is 8.13. The summed E-state index contributed by atoms with van der Waals surface area (Å²) in [6, 6.07) is 8.79. The van der Waals surface area contributed by atoms with Crippen molar-refractivity contribution >= 4 is 40.2 Å². The van der Waals surface area contributed by atoms with Crippen molar-refractivity contribution in [3.8, 4) is 11.5 Å². The van der Waals surface area contributed by atoms with Gasteiger partial charge in [0.2, 0.25) is 5.91 Å². The summed E-state index contributed by atoms with van der Waals surface area (Å²) in [7, 11) is 2.82. The molecule has 0 fully saturated rings. The number of aromatic nitrogens is 1. The fraction of sp³-hybridized carbons (Fsp3) is 0.261. The van der Waals surface area contributed by atoms with E-state index in [1.165, 1.54) is 43.7 Å². The lowest BCUT2D eigenvalue weighted by Gasteiger charge is -2.16. The van der Waals surface area contributed by atoms with Gasteiger partial charge in [0.15, 0.2) is 11.5 Å². The Bertz CT molecular complexity index is 1180. The van der Waals surface area contributed by atoms with Crippen LogP contribution in [0.2, 0.25) is 0 Å². The number of amides is 1. The van der Waals surface area contributed by atoms with Crippen molar-refractivity contribution in [2.45, 2.75) is 25.8 Å². The van der Waals surface area contributed by atoms with Crippen molar-refractivity contribution in [3.05, 3.63) is 52.6 Å². The molecule has 3 rings (SSSR count). The van der Waals surface area contributed by atoms with Crippen LogP contribution in [0.1, 0.15) is 27.0 Å². The average Bonchev–Trinajstić information content (AvgIpc) is 2.72. The molecule has 7 nitrogen and oxygen atoms in total. The van der Waals surface area contributed by atoms with Crippen LogP contribution in [0.3, 0.4) is 0 Å². The van der Waals surface area contributed by atoms with Gasteiger partial charge in [-0.2, -0.15) is 0 Å². The van der Waals surface area contributed by atoms with Crippen molar-refractivity contribution in [3.63, 3.8) is 0 Å². The number of carboxylic acid groups (broad SMARTS) is 1. The van der Waals surface area contributed by atoms with Crippen LogP contribution in [-0.4, -0.2) is 36.8 Å². The normalized spacial score (nSPS) is 10.7. The van der Waals surface area contributed by atoms with Gasteiger partial charge in [-0.25, -0.2) is 4.98 Å². The van der Waals surface area contributed by atoms with E-state index in [4.69, 9.17) is 14.5 Å². The van der Waals surface area contributed by atoms with Crippen molar-refractivity contribution in [2.75, 3.05) is 25.3 Å². The van der Waals surface area contributed by atoms with Gasteiger partial charge in [-0.05, 0) is 50.1 Å². The Balaban J connectivity index is 1.80. The Hall–Kier alpha value is -3.26. The number of aromatic carboxylic acids is 1. The molecule has 0 saturated carbocycles. The van der Waals surface area contributed by atoms with Crippen molar-refractivity contribution in [2.24, 2.45) is 0 Å². The molecular weight excluding hydrogens is 416 g/mol. The van der Waals surface area contributed by atoms with Gasteiger partial charge in [-0.3, -0.25) is 4.79 Å². The van der Waals surface area contributed by atoms with Crippen molar-refractivity contribution in [1.82, 2.24) is 4.98 Å². The summed E-state index contributed by atoms with van der Waals surface area (Å²) in [5.41, 5.74) is 4.13. The topological polar surface area (TPSA) is 101 Å². The highest BCUT2D eigenvalue weighted by atomic mass is 32.2. The fourth-order valence-electron chi connectivity index (χ4n) is 3.37. The molecule has 1 aromatic heterocycles. The first-order valence-electron chi connectivity index (χ1n) is 9.52. The molecule has 0 unspecified atom stereocenters. The number of benzene rings is 2. The van der Waals surface area contributed by atoms with Crippen LogP contribution in [0.4, 0.5) is 5.69 Å². The lowest BCUT2D eigenvalue weighted by Crippen LogP contribution is -2.25. The minimum absolute atomic E-state index is 0.0592. The third-order valence-electron chi connectivity index (χ3n) is 4.80. The summed E-state index contributed by atoms with van der Waals surface area (Å²) in [6.45, 7) is 6.08. The Morgan fingerprint density at radius 1 is 1.00 bits per heavy atom. The number of anilines is 1. The number of carboxylic acids is 1. The molecule has 8 heteroatoms. The van der Waals surface area contributed by atoms with Crippen LogP contribution in [0.5, 0.6) is 11.5 Å². The number of methoxy groups -OCH3 is 2. The predicted octanol–water partition coefficient (Wildman–Crippen LogP) is 3.27. The molecule has 2 aromatic carbocycles. The van der Waals surface area contributed by atoms with Crippen LogP contribution < -0.4 is 19.9 Å². The van der Waals surface area contributed by atoms with Crippen LogP contribution in [0.25, 0.3) is 10.9 Å². The molecule has 0 aliphatic rings. The summed E-state index contributed by atoms with van der Waals surface area (Å²) in [6.07, 6.45) is 0. The van der Waals surface area contributed by atoms with Gasteiger partial charge >= 0.3 is 0 Å². The minimum atomic E-state index is -1.43. The molecule has 0 aliphatic heterocycles. The third kappa shape index (κ3) is 4.91. The average molecular weight is 440 g/mol. The first-order chi connectivity index (χ1) is 14.7. The zero-order valence-electron chi connectivity index (χ0n) is 18.0. The number of pyridine rings is 1. The highest BCUT2D eigenvalue weighted by Gasteiger charge is 2.15. The largest absolute Gasteiger partial charge is 0.545 e. The Labute approximate surface area is 184 Å². The lowest BCUT2D eigenvalue weighted by atomic mass is 10.0. The molecule has 162 valence electrons. The molecule has 1 heterocycles. The number of hydrogen-bond acceptors (Lipinski definition) is 7. The first kappa shape index (κ1) is 22.4. The van der Waals surface area contributed by atoms with Gasteiger partial charge in [-0.1, -0.05) is 23.4 Å². The molecule has 0 radical (unpaired) electrons. The molecule has 0 atom stereocenters. The van der Waals surface area contributed by atoms with Crippen molar-refractivity contribution in [1.29, 1.82) is 0 Å². The van der Waals surface area contributed by atoms with Gasteiger partial charge in [0, 0.05) is 17.0 Å². The molecule has 0 aliphatic carbocycles. The van der Waals surface area contributed by atoms with Crippen LogP contribution in [0.15, 0.2) is 35.4 Å². The number of aryl methyl sites for hydroxylation is 3. The maximum absolute atomic E-state index is 12.5. The highest BCUT2D eigenvalue weighted by molar-refractivity contribution is 7.99. The second-order valence-electron chi connectivity index (χ2n) is 7.13. The van der Waals surface area contributed by atoms with E-state index in [0.717, 1.165) is 27.1 Å². The van der Waals surface area contributed by atoms with Crippen LogP contribution in [-0.2, 0) is 4.79 Å². The molecule has 1 N–H and O–H groups in total. The van der Waals surface area contributed by atoms with Crippen LogP contribution >= 0.6 is 11.8 Å². The van der Waals surface area contributed by atoms with E-state index in [1.807, 2.05) is 26.8 Å². The fourth-order valence-corrected chi connectivity index (χ4v) is 4.13. The molecular formula is C23H23N2O5S-. The van der Waals surface area contributed by atoms with E-state index < -0.39 is 5.97 Å². The Morgan fingerprint density at radius 3 is 2.32 bits per heavy atom. The van der Waals surface area contributed by atoms with Gasteiger partial charge < -0.3 is 24.7 Å². The monoisotopic (exact) mass is 439 g/mol. The number of fused-ring (bicyclic) bond motifs is 1. The minimum Gasteiger partial charge on any atom is -0.545 e. The summed E-state index contributed by atoms with van der Waals surface area (Å²) in [5, 5.41) is 15.9. The van der Waals surface area contributed by atoms with E-state index >= 15 is 0 Å². The summed E-state index contributed by atoms with van der Waals surface area (Å²) in [4.78, 5) is 28.7. The molecule has 1 amide bonds.